The van der Waals surface area contributed by atoms with Gasteiger partial charge in [0.1, 0.15) is 18.1 Å². The van der Waals surface area contributed by atoms with E-state index in [4.69, 9.17) is 26.2 Å². The third kappa shape index (κ3) is 12.3. The summed E-state index contributed by atoms with van der Waals surface area (Å²) >= 11 is 3.83. The molecule has 186 valence electrons. The predicted octanol–water partition coefficient (Wildman–Crippen LogP) is -3.01. The number of amides is 3. The van der Waals surface area contributed by atoms with E-state index in [0.29, 0.717) is 0 Å². The van der Waals surface area contributed by atoms with Gasteiger partial charge in [0.2, 0.25) is 17.7 Å². The Bertz CT molecular complexity index is 776. The second-order valence-corrected chi connectivity index (χ2v) is 7.14. The van der Waals surface area contributed by atoms with Crippen LogP contribution in [0.1, 0.15) is 32.1 Å². The molecule has 0 aliphatic carbocycles. The molecule has 0 aliphatic rings. The Labute approximate surface area is 192 Å². The van der Waals surface area contributed by atoms with Crippen molar-refractivity contribution < 1.29 is 54.0 Å². The zero-order chi connectivity index (χ0) is 25.7. The number of carbonyl (C=O) groups is 7. The number of thiol groups is 1. The van der Waals surface area contributed by atoms with E-state index < -0.39 is 97.9 Å². The van der Waals surface area contributed by atoms with E-state index in [1.807, 2.05) is 10.6 Å². The summed E-state index contributed by atoms with van der Waals surface area (Å²) in [5.41, 5.74) is 5.49. The minimum absolute atomic E-state index is 0.101. The Morgan fingerprint density at radius 3 is 1.52 bits per heavy atom. The molecular formula is C17H26N4O11S. The third-order valence-corrected chi connectivity index (χ3v) is 4.48. The van der Waals surface area contributed by atoms with Gasteiger partial charge >= 0.3 is 23.9 Å². The minimum atomic E-state index is -1.82. The molecule has 0 aromatic carbocycles. The number of carbonyl (C=O) groups excluding carboxylic acids is 3. The number of carboxylic acid groups (broad SMARTS) is 4. The lowest BCUT2D eigenvalue weighted by Gasteiger charge is -2.24. The molecule has 0 radical (unpaired) electrons. The second kappa shape index (κ2) is 14.6. The fraction of sp³-hybridized carbons (Fsp3) is 0.588. The monoisotopic (exact) mass is 494 g/mol. The first-order valence-electron chi connectivity index (χ1n) is 9.44. The van der Waals surface area contributed by atoms with E-state index in [1.54, 1.807) is 0 Å². The van der Waals surface area contributed by atoms with Crippen LogP contribution in [-0.4, -0.2) is 91.9 Å². The maximum absolute atomic E-state index is 12.6. The first-order valence-corrected chi connectivity index (χ1v) is 10.1. The van der Waals surface area contributed by atoms with Crippen LogP contribution >= 0.6 is 12.6 Å². The average molecular weight is 494 g/mol. The van der Waals surface area contributed by atoms with Gasteiger partial charge in [-0.2, -0.15) is 12.6 Å². The van der Waals surface area contributed by atoms with Gasteiger partial charge in [-0.25, -0.2) is 4.79 Å². The van der Waals surface area contributed by atoms with Crippen molar-refractivity contribution in [2.75, 3.05) is 5.75 Å². The Hall–Kier alpha value is -3.40. The molecule has 33 heavy (non-hydrogen) atoms. The van der Waals surface area contributed by atoms with Crippen molar-refractivity contribution in [3.8, 4) is 0 Å². The number of nitrogens with one attached hydrogen (secondary N) is 3. The minimum Gasteiger partial charge on any atom is -0.481 e. The van der Waals surface area contributed by atoms with Crippen LogP contribution in [0.5, 0.6) is 0 Å². The first-order chi connectivity index (χ1) is 15.3. The second-order valence-electron chi connectivity index (χ2n) is 6.77. The highest BCUT2D eigenvalue weighted by Gasteiger charge is 2.31. The van der Waals surface area contributed by atoms with Crippen molar-refractivity contribution >= 4 is 54.2 Å². The summed E-state index contributed by atoms with van der Waals surface area (Å²) in [6.07, 6.45) is -3.10. The number of carboxylic acids is 4. The van der Waals surface area contributed by atoms with Crippen LogP contribution in [0.15, 0.2) is 0 Å². The van der Waals surface area contributed by atoms with Crippen LogP contribution in [0, 0.1) is 0 Å². The van der Waals surface area contributed by atoms with Gasteiger partial charge in [-0.3, -0.25) is 28.8 Å². The van der Waals surface area contributed by atoms with Crippen LogP contribution in [0.3, 0.4) is 0 Å². The number of hydrogen-bond acceptors (Lipinski definition) is 9. The molecule has 3 amide bonds. The molecule has 0 bridgehead atoms. The fourth-order valence-electron chi connectivity index (χ4n) is 2.35. The highest BCUT2D eigenvalue weighted by Crippen LogP contribution is 2.04. The maximum atomic E-state index is 12.6. The lowest BCUT2D eigenvalue weighted by Crippen LogP contribution is -2.57. The van der Waals surface area contributed by atoms with Gasteiger partial charge in [0, 0.05) is 18.6 Å². The normalized spacial score (nSPS) is 14.1. The van der Waals surface area contributed by atoms with Crippen LogP contribution in [-0.2, 0) is 33.6 Å². The lowest BCUT2D eigenvalue weighted by atomic mass is 10.1. The summed E-state index contributed by atoms with van der Waals surface area (Å²) in [6.45, 7) is 0. The highest BCUT2D eigenvalue weighted by atomic mass is 32.1. The topological polar surface area (TPSA) is 263 Å². The molecule has 0 saturated carbocycles. The summed E-state index contributed by atoms with van der Waals surface area (Å²) in [4.78, 5) is 80.9. The molecule has 9 N–H and O–H groups in total. The SMILES string of the molecule is NC(CS)C(=O)NC(CCC(=O)O)C(=O)NC(CC(=O)O)C(=O)NC(CCC(=O)O)C(=O)O. The summed E-state index contributed by atoms with van der Waals surface area (Å²) in [5, 5.41) is 41.9. The molecule has 0 spiro atoms. The molecule has 0 saturated heterocycles. The Morgan fingerprint density at radius 1 is 0.667 bits per heavy atom. The Balaban J connectivity index is 5.53. The van der Waals surface area contributed by atoms with Gasteiger partial charge in [-0.15, -0.1) is 0 Å². The Morgan fingerprint density at radius 2 is 1.09 bits per heavy atom. The predicted molar refractivity (Wildman–Crippen MR) is 111 cm³/mol. The number of rotatable bonds is 16. The van der Waals surface area contributed by atoms with Crippen LogP contribution in [0.2, 0.25) is 0 Å². The van der Waals surface area contributed by atoms with Crippen molar-refractivity contribution in [1.82, 2.24) is 16.0 Å². The number of nitrogens with two attached hydrogens (primary N) is 1. The molecule has 0 fully saturated rings. The summed E-state index contributed by atoms with van der Waals surface area (Å²) in [5.74, 6) is -9.07. The van der Waals surface area contributed by atoms with E-state index in [2.05, 4.69) is 17.9 Å². The molecule has 16 heteroatoms. The zero-order valence-electron chi connectivity index (χ0n) is 17.2. The molecule has 0 aliphatic heterocycles. The lowest BCUT2D eigenvalue weighted by molar-refractivity contribution is -0.144. The molecule has 0 rings (SSSR count). The average Bonchev–Trinajstić information content (AvgIpc) is 2.71. The molecule has 0 aromatic heterocycles. The largest absolute Gasteiger partial charge is 0.481 e. The molecule has 0 aromatic rings. The third-order valence-electron chi connectivity index (χ3n) is 4.09. The molecule has 0 heterocycles. The summed E-state index contributed by atoms with van der Waals surface area (Å²) in [6, 6.07) is -6.15. The molecule has 4 unspecified atom stereocenters. The van der Waals surface area contributed by atoms with E-state index >= 15 is 0 Å². The zero-order valence-corrected chi connectivity index (χ0v) is 18.1. The van der Waals surface area contributed by atoms with Gasteiger partial charge in [0.25, 0.3) is 0 Å². The van der Waals surface area contributed by atoms with Crippen molar-refractivity contribution in [3.63, 3.8) is 0 Å². The van der Waals surface area contributed by atoms with Crippen molar-refractivity contribution in [1.29, 1.82) is 0 Å². The quantitative estimate of drug-likeness (QED) is 0.0971. The molecule has 15 nitrogen and oxygen atoms in total. The first kappa shape index (κ1) is 29.6. The van der Waals surface area contributed by atoms with E-state index in [9.17, 15) is 33.6 Å². The van der Waals surface area contributed by atoms with E-state index in [1.165, 1.54) is 0 Å². The standard InChI is InChI=1S/C17H26N4O11S/c18-7(6-33)14(28)19-8(1-3-11(22)23)15(29)21-10(5-13(26)27)16(30)20-9(17(31)32)2-4-12(24)25/h7-10,33H,1-6,18H2,(H,19,28)(H,20,30)(H,21,29)(H,22,23)(H,24,25)(H,26,27)(H,31,32). The van der Waals surface area contributed by atoms with Crippen LogP contribution < -0.4 is 21.7 Å². The van der Waals surface area contributed by atoms with Crippen molar-refractivity contribution in [3.05, 3.63) is 0 Å². The highest BCUT2D eigenvalue weighted by molar-refractivity contribution is 7.80. The van der Waals surface area contributed by atoms with Gasteiger partial charge < -0.3 is 42.1 Å². The Kier molecular flexibility index (Phi) is 13.1. The van der Waals surface area contributed by atoms with Crippen molar-refractivity contribution in [2.24, 2.45) is 5.73 Å². The molecular weight excluding hydrogens is 468 g/mol. The maximum Gasteiger partial charge on any atom is 0.326 e. The van der Waals surface area contributed by atoms with Gasteiger partial charge in [-0.1, -0.05) is 0 Å². The van der Waals surface area contributed by atoms with Crippen molar-refractivity contribution in [2.45, 2.75) is 56.3 Å². The number of hydrogen-bond donors (Lipinski definition) is 9. The number of aliphatic carboxylic acids is 4. The fourth-order valence-corrected chi connectivity index (χ4v) is 2.52. The molecule has 4 atom stereocenters. The summed E-state index contributed by atoms with van der Waals surface area (Å²) in [7, 11) is 0. The van der Waals surface area contributed by atoms with E-state index in [0.717, 1.165) is 0 Å². The van der Waals surface area contributed by atoms with Gasteiger partial charge in [-0.05, 0) is 12.8 Å². The van der Waals surface area contributed by atoms with Gasteiger partial charge in [0.15, 0.2) is 0 Å². The smallest absolute Gasteiger partial charge is 0.326 e. The van der Waals surface area contributed by atoms with Crippen LogP contribution in [0.25, 0.3) is 0 Å². The van der Waals surface area contributed by atoms with Crippen LogP contribution in [0.4, 0.5) is 0 Å². The van der Waals surface area contributed by atoms with E-state index in [-0.39, 0.29) is 5.75 Å². The van der Waals surface area contributed by atoms with Gasteiger partial charge in [0.05, 0.1) is 12.5 Å². The summed E-state index contributed by atoms with van der Waals surface area (Å²) < 4.78 is 0.